The Morgan fingerprint density at radius 2 is 2.00 bits per heavy atom. The van der Waals surface area contributed by atoms with Crippen molar-refractivity contribution >= 4 is 23.2 Å². The fourth-order valence-corrected chi connectivity index (χ4v) is 1.79. The average Bonchev–Trinajstić information content (AvgIpc) is 2.15. The van der Waals surface area contributed by atoms with Gasteiger partial charge >= 0.3 is 6.18 Å². The summed E-state index contributed by atoms with van der Waals surface area (Å²) in [6.07, 6.45) is -5.44. The molecule has 1 aromatic rings. The Hall–Kier alpha value is -0.610. The second-order valence-electron chi connectivity index (χ2n) is 3.17. The average molecular weight is 273 g/mol. The van der Waals surface area contributed by atoms with Crippen molar-refractivity contribution in [2.75, 3.05) is 7.11 Å². The summed E-state index contributed by atoms with van der Waals surface area (Å²) in [5, 5.41) is -0.878. The number of alkyl halides is 4. The number of hydrogen-bond acceptors (Lipinski definition) is 1. The fraction of sp³-hybridized carbons (Fsp3) is 0.400. The van der Waals surface area contributed by atoms with Gasteiger partial charge in [-0.15, -0.1) is 11.6 Å². The van der Waals surface area contributed by atoms with Gasteiger partial charge < -0.3 is 4.74 Å². The molecule has 0 saturated carbocycles. The summed E-state index contributed by atoms with van der Waals surface area (Å²) in [5.41, 5.74) is 0.244. The van der Waals surface area contributed by atoms with Gasteiger partial charge in [0.1, 0.15) is 5.75 Å². The van der Waals surface area contributed by atoms with Gasteiger partial charge in [0, 0.05) is 10.6 Å². The van der Waals surface area contributed by atoms with Gasteiger partial charge in [-0.2, -0.15) is 13.2 Å². The van der Waals surface area contributed by atoms with Crippen LogP contribution in [0, 0.1) is 0 Å². The van der Waals surface area contributed by atoms with Crippen LogP contribution in [0.15, 0.2) is 18.2 Å². The zero-order chi connectivity index (χ0) is 12.3. The Kier molecular flexibility index (Phi) is 4.33. The lowest BCUT2D eigenvalue weighted by Crippen LogP contribution is -2.11. The first-order valence-electron chi connectivity index (χ1n) is 4.38. The highest BCUT2D eigenvalue weighted by Gasteiger charge is 2.32. The molecule has 6 heteroatoms. The van der Waals surface area contributed by atoms with Gasteiger partial charge in [0.25, 0.3) is 0 Å². The minimum absolute atomic E-state index is 0.244. The lowest BCUT2D eigenvalue weighted by Gasteiger charge is -2.15. The Labute approximate surface area is 101 Å². The van der Waals surface area contributed by atoms with Gasteiger partial charge in [-0.05, 0) is 18.2 Å². The lowest BCUT2D eigenvalue weighted by molar-refractivity contribution is -0.134. The van der Waals surface area contributed by atoms with Crippen LogP contribution in [0.2, 0.25) is 5.02 Å². The van der Waals surface area contributed by atoms with Crippen LogP contribution in [-0.4, -0.2) is 13.3 Å². The number of rotatable bonds is 3. The molecule has 90 valence electrons. The molecule has 0 N–H and O–H groups in total. The van der Waals surface area contributed by atoms with E-state index >= 15 is 0 Å². The Morgan fingerprint density at radius 1 is 1.38 bits per heavy atom. The SMILES string of the molecule is COc1ccc(Cl)cc1C(Cl)CC(F)(F)F. The van der Waals surface area contributed by atoms with Crippen LogP contribution in [0.1, 0.15) is 17.4 Å². The number of hydrogen-bond donors (Lipinski definition) is 0. The second-order valence-corrected chi connectivity index (χ2v) is 4.14. The van der Waals surface area contributed by atoms with E-state index in [4.69, 9.17) is 27.9 Å². The van der Waals surface area contributed by atoms with Crippen LogP contribution in [0.4, 0.5) is 13.2 Å². The summed E-state index contributed by atoms with van der Waals surface area (Å²) < 4.78 is 41.4. The number of benzene rings is 1. The van der Waals surface area contributed by atoms with Crippen LogP contribution in [0.25, 0.3) is 0 Å². The first-order chi connectivity index (χ1) is 7.33. The Bertz CT molecular complexity index is 366. The molecule has 1 rings (SSSR count). The summed E-state index contributed by atoms with van der Waals surface area (Å²) in [5.74, 6) is 0.300. The van der Waals surface area contributed by atoms with Gasteiger partial charge in [-0.1, -0.05) is 11.6 Å². The molecule has 0 fully saturated rings. The molecule has 0 radical (unpaired) electrons. The minimum atomic E-state index is -4.32. The summed E-state index contributed by atoms with van der Waals surface area (Å²) in [4.78, 5) is 0. The van der Waals surface area contributed by atoms with Crippen molar-refractivity contribution in [1.82, 2.24) is 0 Å². The topological polar surface area (TPSA) is 9.23 Å². The third-order valence-electron chi connectivity index (χ3n) is 1.94. The number of ether oxygens (including phenoxy) is 1. The molecule has 0 aliphatic carbocycles. The molecule has 0 saturated heterocycles. The van der Waals surface area contributed by atoms with E-state index in [0.717, 1.165) is 0 Å². The zero-order valence-electron chi connectivity index (χ0n) is 8.31. The molecule has 0 heterocycles. The maximum Gasteiger partial charge on any atom is 0.390 e. The normalized spacial score (nSPS) is 13.6. The number of halogens is 5. The molecule has 0 aliphatic heterocycles. The summed E-state index contributed by atoms with van der Waals surface area (Å²) >= 11 is 11.4. The first-order valence-corrected chi connectivity index (χ1v) is 5.19. The first kappa shape index (κ1) is 13.5. The predicted octanol–water partition coefficient (Wildman–Crippen LogP) is 4.58. The van der Waals surface area contributed by atoms with E-state index in [9.17, 15) is 13.2 Å². The smallest absolute Gasteiger partial charge is 0.390 e. The monoisotopic (exact) mass is 272 g/mol. The van der Waals surface area contributed by atoms with Crippen LogP contribution in [0.3, 0.4) is 0 Å². The zero-order valence-corrected chi connectivity index (χ0v) is 9.83. The third-order valence-corrected chi connectivity index (χ3v) is 2.56. The lowest BCUT2D eigenvalue weighted by atomic mass is 10.1. The van der Waals surface area contributed by atoms with E-state index in [2.05, 4.69) is 0 Å². The van der Waals surface area contributed by atoms with E-state index in [1.54, 1.807) is 0 Å². The predicted molar refractivity (Wildman–Crippen MR) is 57.3 cm³/mol. The van der Waals surface area contributed by atoms with E-state index < -0.39 is 18.0 Å². The molecular formula is C10H9Cl2F3O. The molecule has 0 spiro atoms. The largest absolute Gasteiger partial charge is 0.496 e. The number of methoxy groups -OCH3 is 1. The highest BCUT2D eigenvalue weighted by Crippen LogP contribution is 2.39. The van der Waals surface area contributed by atoms with Crippen molar-refractivity contribution in [2.45, 2.75) is 18.0 Å². The van der Waals surface area contributed by atoms with Crippen molar-refractivity contribution < 1.29 is 17.9 Å². The molecule has 0 bridgehead atoms. The van der Waals surface area contributed by atoms with E-state index in [0.29, 0.717) is 10.8 Å². The van der Waals surface area contributed by atoms with Crippen LogP contribution < -0.4 is 4.74 Å². The summed E-state index contributed by atoms with van der Waals surface area (Å²) in [6, 6.07) is 4.40. The van der Waals surface area contributed by atoms with E-state index in [1.807, 2.05) is 0 Å². The second kappa shape index (κ2) is 5.15. The van der Waals surface area contributed by atoms with Gasteiger partial charge in [-0.3, -0.25) is 0 Å². The van der Waals surface area contributed by atoms with Gasteiger partial charge in [0.2, 0.25) is 0 Å². The minimum Gasteiger partial charge on any atom is -0.496 e. The molecule has 1 aromatic carbocycles. The van der Waals surface area contributed by atoms with Gasteiger partial charge in [0.05, 0.1) is 18.9 Å². The molecule has 1 unspecified atom stereocenters. The van der Waals surface area contributed by atoms with Crippen LogP contribution in [0.5, 0.6) is 5.75 Å². The highest BCUT2D eigenvalue weighted by atomic mass is 35.5. The van der Waals surface area contributed by atoms with E-state index in [-0.39, 0.29) is 5.56 Å². The summed E-state index contributed by atoms with van der Waals surface area (Å²) in [6.45, 7) is 0. The third kappa shape index (κ3) is 3.76. The van der Waals surface area contributed by atoms with Crippen molar-refractivity contribution in [3.63, 3.8) is 0 Å². The molecule has 16 heavy (non-hydrogen) atoms. The molecular weight excluding hydrogens is 264 g/mol. The molecule has 0 aromatic heterocycles. The summed E-state index contributed by atoms with van der Waals surface area (Å²) in [7, 11) is 1.37. The van der Waals surface area contributed by atoms with Crippen molar-refractivity contribution in [1.29, 1.82) is 0 Å². The maximum atomic E-state index is 12.2. The fourth-order valence-electron chi connectivity index (χ4n) is 1.26. The standard InChI is InChI=1S/C10H9Cl2F3O/c1-16-9-3-2-6(11)4-7(9)8(12)5-10(13,14)15/h2-4,8H,5H2,1H3. The Balaban J connectivity index is 2.97. The van der Waals surface area contributed by atoms with Crippen molar-refractivity contribution in [3.8, 4) is 5.75 Å². The van der Waals surface area contributed by atoms with Crippen LogP contribution in [-0.2, 0) is 0 Å². The van der Waals surface area contributed by atoms with Gasteiger partial charge in [0.15, 0.2) is 0 Å². The van der Waals surface area contributed by atoms with E-state index in [1.165, 1.54) is 25.3 Å². The highest BCUT2D eigenvalue weighted by molar-refractivity contribution is 6.31. The van der Waals surface area contributed by atoms with Crippen molar-refractivity contribution in [2.24, 2.45) is 0 Å². The maximum absolute atomic E-state index is 12.2. The van der Waals surface area contributed by atoms with Crippen molar-refractivity contribution in [3.05, 3.63) is 28.8 Å². The van der Waals surface area contributed by atoms with Gasteiger partial charge in [-0.25, -0.2) is 0 Å². The molecule has 1 atom stereocenters. The molecule has 0 aliphatic rings. The molecule has 0 amide bonds. The van der Waals surface area contributed by atoms with Crippen LogP contribution >= 0.6 is 23.2 Å². The Morgan fingerprint density at radius 3 is 2.50 bits per heavy atom. The molecule has 1 nitrogen and oxygen atoms in total. The quantitative estimate of drug-likeness (QED) is 0.732.